The number of carbonyl (C=O) groups excluding carboxylic acids is 1. The Labute approximate surface area is 164 Å². The molecule has 0 aliphatic heterocycles. The second-order valence-electron chi connectivity index (χ2n) is 6.07. The van der Waals surface area contributed by atoms with Crippen LogP contribution in [0.4, 0.5) is 11.4 Å². The highest BCUT2D eigenvalue weighted by molar-refractivity contribution is 6.05. The van der Waals surface area contributed by atoms with E-state index in [2.05, 4.69) is 10.3 Å². The molecule has 0 saturated carbocycles. The lowest BCUT2D eigenvalue weighted by Crippen LogP contribution is -2.12. The number of rotatable bonds is 8. The number of amides is 1. The lowest BCUT2D eigenvalue weighted by Gasteiger charge is -2.10. The minimum atomic E-state index is -0.200. The Balaban J connectivity index is 1.65. The quantitative estimate of drug-likeness (QED) is 0.580. The summed E-state index contributed by atoms with van der Waals surface area (Å²) in [5.74, 6) is 0.529. The van der Waals surface area contributed by atoms with E-state index in [0.29, 0.717) is 36.8 Å². The molecule has 3 aromatic rings. The van der Waals surface area contributed by atoms with E-state index >= 15 is 0 Å². The molecule has 1 aromatic heterocycles. The second kappa shape index (κ2) is 9.53. The highest BCUT2D eigenvalue weighted by Crippen LogP contribution is 2.25. The third-order valence-electron chi connectivity index (χ3n) is 4.10. The third-order valence-corrected chi connectivity index (χ3v) is 4.10. The first-order valence-electron chi connectivity index (χ1n) is 9.09. The van der Waals surface area contributed by atoms with E-state index in [-0.39, 0.29) is 5.91 Å². The number of pyridine rings is 1. The van der Waals surface area contributed by atoms with Gasteiger partial charge in [0.25, 0.3) is 5.91 Å². The van der Waals surface area contributed by atoms with Gasteiger partial charge >= 0.3 is 0 Å². The van der Waals surface area contributed by atoms with E-state index < -0.39 is 0 Å². The molecule has 0 fully saturated rings. The molecule has 3 N–H and O–H groups in total. The number of nitrogens with two attached hydrogens (primary N) is 1. The monoisotopic (exact) mass is 377 g/mol. The SMILES string of the molecule is CCOCCOc1ccc(NC(=O)c2cccc(-c3cnccc3N)c2)cc1. The van der Waals surface area contributed by atoms with Crippen LogP contribution in [-0.2, 0) is 4.74 Å². The average Bonchev–Trinajstić information content (AvgIpc) is 2.73. The third kappa shape index (κ3) is 5.08. The first kappa shape index (κ1) is 19.4. The van der Waals surface area contributed by atoms with E-state index in [1.165, 1.54) is 0 Å². The number of hydrogen-bond donors (Lipinski definition) is 2. The molecule has 1 amide bonds. The van der Waals surface area contributed by atoms with Crippen molar-refractivity contribution in [3.63, 3.8) is 0 Å². The number of nitrogen functional groups attached to an aromatic ring is 1. The highest BCUT2D eigenvalue weighted by atomic mass is 16.5. The zero-order chi connectivity index (χ0) is 19.8. The van der Waals surface area contributed by atoms with Crippen molar-refractivity contribution in [1.82, 2.24) is 4.98 Å². The molecule has 6 nitrogen and oxygen atoms in total. The Morgan fingerprint density at radius 3 is 2.68 bits per heavy atom. The van der Waals surface area contributed by atoms with E-state index in [1.54, 1.807) is 42.7 Å². The summed E-state index contributed by atoms with van der Waals surface area (Å²) in [4.78, 5) is 16.7. The lowest BCUT2D eigenvalue weighted by atomic mass is 10.0. The predicted molar refractivity (Wildman–Crippen MR) is 110 cm³/mol. The fourth-order valence-electron chi connectivity index (χ4n) is 2.67. The Morgan fingerprint density at radius 1 is 1.11 bits per heavy atom. The number of ether oxygens (including phenoxy) is 2. The molecule has 0 saturated heterocycles. The number of carbonyl (C=O) groups is 1. The molecule has 28 heavy (non-hydrogen) atoms. The smallest absolute Gasteiger partial charge is 0.255 e. The standard InChI is InChI=1S/C22H23N3O3/c1-2-27-12-13-28-19-8-6-18(7-9-19)25-22(26)17-5-3-4-16(14-17)20-15-24-11-10-21(20)23/h3-11,14-15H,2,12-13H2,1H3,(H2,23,24)(H,25,26). The fourth-order valence-corrected chi connectivity index (χ4v) is 2.67. The van der Waals surface area contributed by atoms with Crippen LogP contribution in [0, 0.1) is 0 Å². The minimum absolute atomic E-state index is 0.200. The lowest BCUT2D eigenvalue weighted by molar-refractivity contribution is 0.102. The molecule has 0 bridgehead atoms. The average molecular weight is 377 g/mol. The molecule has 0 aliphatic rings. The maximum atomic E-state index is 12.6. The molecule has 1 heterocycles. The van der Waals surface area contributed by atoms with Crippen LogP contribution >= 0.6 is 0 Å². The minimum Gasteiger partial charge on any atom is -0.491 e. The van der Waals surface area contributed by atoms with Gasteiger partial charge in [-0.2, -0.15) is 0 Å². The molecule has 6 heteroatoms. The molecule has 2 aromatic carbocycles. The van der Waals surface area contributed by atoms with Gasteiger partial charge in [0.15, 0.2) is 0 Å². The fraction of sp³-hybridized carbons (Fsp3) is 0.182. The molecule has 0 spiro atoms. The van der Waals surface area contributed by atoms with E-state index in [9.17, 15) is 4.79 Å². The Hall–Kier alpha value is -3.38. The molecule has 3 rings (SSSR count). The topological polar surface area (TPSA) is 86.5 Å². The molecular weight excluding hydrogens is 354 g/mol. The molecule has 0 atom stereocenters. The van der Waals surface area contributed by atoms with Gasteiger partial charge in [0.2, 0.25) is 0 Å². The zero-order valence-corrected chi connectivity index (χ0v) is 15.7. The number of nitrogens with one attached hydrogen (secondary N) is 1. The number of hydrogen-bond acceptors (Lipinski definition) is 5. The number of aromatic nitrogens is 1. The maximum absolute atomic E-state index is 12.6. The van der Waals surface area contributed by atoms with Crippen LogP contribution in [0.2, 0.25) is 0 Å². The first-order valence-corrected chi connectivity index (χ1v) is 9.09. The summed E-state index contributed by atoms with van der Waals surface area (Å²) in [6, 6.07) is 16.3. The zero-order valence-electron chi connectivity index (χ0n) is 15.7. The Morgan fingerprint density at radius 2 is 1.93 bits per heavy atom. The largest absolute Gasteiger partial charge is 0.491 e. The molecular formula is C22H23N3O3. The summed E-state index contributed by atoms with van der Waals surface area (Å²) in [5.41, 5.74) is 9.49. The van der Waals surface area contributed by atoms with Gasteiger partial charge in [-0.1, -0.05) is 12.1 Å². The van der Waals surface area contributed by atoms with Crippen molar-refractivity contribution in [1.29, 1.82) is 0 Å². The molecule has 144 valence electrons. The molecule has 0 unspecified atom stereocenters. The number of nitrogens with zero attached hydrogens (tertiary/aromatic N) is 1. The number of benzene rings is 2. The number of anilines is 2. The van der Waals surface area contributed by atoms with Gasteiger partial charge in [-0.3, -0.25) is 9.78 Å². The van der Waals surface area contributed by atoms with Crippen molar-refractivity contribution in [3.8, 4) is 16.9 Å². The van der Waals surface area contributed by atoms with E-state index in [0.717, 1.165) is 16.9 Å². The normalized spacial score (nSPS) is 10.5. The van der Waals surface area contributed by atoms with Crippen LogP contribution in [-0.4, -0.2) is 30.7 Å². The van der Waals surface area contributed by atoms with Crippen molar-refractivity contribution in [2.24, 2.45) is 0 Å². The summed E-state index contributed by atoms with van der Waals surface area (Å²) in [5, 5.41) is 2.89. The maximum Gasteiger partial charge on any atom is 0.255 e. The van der Waals surface area contributed by atoms with Crippen LogP contribution in [0.1, 0.15) is 17.3 Å². The van der Waals surface area contributed by atoms with Gasteiger partial charge in [0.05, 0.1) is 6.61 Å². The van der Waals surface area contributed by atoms with Gasteiger partial charge in [0, 0.05) is 41.5 Å². The summed E-state index contributed by atoms with van der Waals surface area (Å²) in [6.07, 6.45) is 3.33. The van der Waals surface area contributed by atoms with E-state index in [1.807, 2.05) is 31.2 Å². The Kier molecular flexibility index (Phi) is 6.59. The van der Waals surface area contributed by atoms with Crippen LogP contribution in [0.25, 0.3) is 11.1 Å². The van der Waals surface area contributed by atoms with E-state index in [4.69, 9.17) is 15.2 Å². The Bertz CT molecular complexity index is 926. The van der Waals surface area contributed by atoms with Crippen LogP contribution < -0.4 is 15.8 Å². The van der Waals surface area contributed by atoms with Gasteiger partial charge in [-0.05, 0) is 55.0 Å². The predicted octanol–water partition coefficient (Wildman–Crippen LogP) is 4.00. The summed E-state index contributed by atoms with van der Waals surface area (Å²) in [7, 11) is 0. The van der Waals surface area contributed by atoms with Crippen molar-refractivity contribution in [2.75, 3.05) is 30.9 Å². The first-order chi connectivity index (χ1) is 13.7. The van der Waals surface area contributed by atoms with Gasteiger partial charge in [0.1, 0.15) is 12.4 Å². The molecule has 0 aliphatic carbocycles. The molecule has 0 radical (unpaired) electrons. The van der Waals surface area contributed by atoms with Crippen LogP contribution in [0.5, 0.6) is 5.75 Å². The van der Waals surface area contributed by atoms with Crippen molar-refractivity contribution in [3.05, 3.63) is 72.6 Å². The summed E-state index contributed by atoms with van der Waals surface area (Å²) < 4.78 is 10.8. The van der Waals surface area contributed by atoms with Crippen LogP contribution in [0.3, 0.4) is 0 Å². The van der Waals surface area contributed by atoms with Crippen molar-refractivity contribution in [2.45, 2.75) is 6.92 Å². The van der Waals surface area contributed by atoms with Gasteiger partial charge < -0.3 is 20.5 Å². The second-order valence-corrected chi connectivity index (χ2v) is 6.07. The van der Waals surface area contributed by atoms with Crippen LogP contribution in [0.15, 0.2) is 67.0 Å². The van der Waals surface area contributed by atoms with Crippen molar-refractivity contribution < 1.29 is 14.3 Å². The summed E-state index contributed by atoms with van der Waals surface area (Å²) in [6.45, 7) is 3.65. The van der Waals surface area contributed by atoms with Gasteiger partial charge in [-0.25, -0.2) is 0 Å². The highest BCUT2D eigenvalue weighted by Gasteiger charge is 2.09. The summed E-state index contributed by atoms with van der Waals surface area (Å²) >= 11 is 0. The van der Waals surface area contributed by atoms with Crippen molar-refractivity contribution >= 4 is 17.3 Å². The van der Waals surface area contributed by atoms with Gasteiger partial charge in [-0.15, -0.1) is 0 Å².